The molecule has 0 saturated carbocycles. The van der Waals surface area contributed by atoms with Gasteiger partial charge in [0.2, 0.25) is 11.8 Å². The molecule has 0 aromatic heterocycles. The summed E-state index contributed by atoms with van der Waals surface area (Å²) >= 11 is 6.12. The summed E-state index contributed by atoms with van der Waals surface area (Å²) in [5.74, 6) is 0.444. The number of benzene rings is 2. The molecule has 0 spiro atoms. The molecule has 160 valence electrons. The van der Waals surface area contributed by atoms with E-state index >= 15 is 0 Å². The number of carbonyl (C=O) groups excluding carboxylic acids is 2. The molecule has 2 aromatic carbocycles. The Labute approximate surface area is 182 Å². The van der Waals surface area contributed by atoms with Crippen molar-refractivity contribution in [2.24, 2.45) is 5.92 Å². The molecule has 0 atom stereocenters. The Hall–Kier alpha value is -2.57. The highest BCUT2D eigenvalue weighted by atomic mass is 35.5. The third kappa shape index (κ3) is 5.74. The van der Waals surface area contributed by atoms with E-state index in [2.05, 4.69) is 21.6 Å². The number of hydrogen-bond donors (Lipinski definition) is 2. The molecule has 2 aromatic rings. The number of nitrogens with one attached hydrogen (secondary N) is 2. The Kier molecular flexibility index (Phi) is 7.34. The van der Waals surface area contributed by atoms with Gasteiger partial charge in [-0.05, 0) is 69.6 Å². The lowest BCUT2D eigenvalue weighted by atomic mass is 9.95. The van der Waals surface area contributed by atoms with Gasteiger partial charge in [0.15, 0.2) is 0 Å². The Morgan fingerprint density at radius 2 is 1.83 bits per heavy atom. The van der Waals surface area contributed by atoms with Crippen molar-refractivity contribution in [1.82, 2.24) is 4.90 Å². The number of ether oxygens (including phenoxy) is 1. The summed E-state index contributed by atoms with van der Waals surface area (Å²) in [7, 11) is 1.55. The molecule has 0 radical (unpaired) electrons. The summed E-state index contributed by atoms with van der Waals surface area (Å²) in [6.07, 6.45) is 1.43. The molecule has 2 N–H and O–H groups in total. The molecule has 3 rings (SSSR count). The molecule has 7 heteroatoms. The van der Waals surface area contributed by atoms with E-state index < -0.39 is 0 Å². The monoisotopic (exact) mass is 429 g/mol. The first-order valence-electron chi connectivity index (χ1n) is 10.1. The van der Waals surface area contributed by atoms with E-state index in [1.807, 2.05) is 26.0 Å². The number of anilines is 2. The van der Waals surface area contributed by atoms with Crippen molar-refractivity contribution < 1.29 is 14.3 Å². The lowest BCUT2D eigenvalue weighted by Crippen LogP contribution is -2.41. The summed E-state index contributed by atoms with van der Waals surface area (Å²) in [4.78, 5) is 27.1. The van der Waals surface area contributed by atoms with Crippen LogP contribution in [0.3, 0.4) is 0 Å². The van der Waals surface area contributed by atoms with E-state index in [0.717, 1.165) is 11.3 Å². The molecule has 1 fully saturated rings. The molecule has 1 heterocycles. The second-order valence-electron chi connectivity index (χ2n) is 7.76. The minimum absolute atomic E-state index is 0.0179. The molecule has 0 bridgehead atoms. The van der Waals surface area contributed by atoms with Gasteiger partial charge in [-0.25, -0.2) is 0 Å². The highest BCUT2D eigenvalue weighted by Crippen LogP contribution is 2.28. The molecule has 1 aliphatic rings. The molecule has 0 aliphatic carbocycles. The third-order valence-corrected chi connectivity index (χ3v) is 5.70. The van der Waals surface area contributed by atoms with Crippen LogP contribution in [0.25, 0.3) is 0 Å². The van der Waals surface area contributed by atoms with Crippen LogP contribution < -0.4 is 15.4 Å². The Morgan fingerprint density at radius 3 is 2.47 bits per heavy atom. The smallest absolute Gasteiger partial charge is 0.238 e. The summed E-state index contributed by atoms with van der Waals surface area (Å²) in [5.41, 5.74) is 3.72. The van der Waals surface area contributed by atoms with E-state index in [1.54, 1.807) is 25.3 Å². The lowest BCUT2D eigenvalue weighted by Gasteiger charge is -2.30. The maximum absolute atomic E-state index is 12.6. The number of nitrogens with zero attached hydrogens (tertiary/aromatic N) is 1. The molecule has 30 heavy (non-hydrogen) atoms. The van der Waals surface area contributed by atoms with E-state index in [4.69, 9.17) is 16.3 Å². The molecule has 1 saturated heterocycles. The van der Waals surface area contributed by atoms with Crippen molar-refractivity contribution in [3.63, 3.8) is 0 Å². The molecule has 1 aliphatic heterocycles. The van der Waals surface area contributed by atoms with Crippen LogP contribution in [0, 0.1) is 19.8 Å². The largest absolute Gasteiger partial charge is 0.495 e. The number of carbonyl (C=O) groups is 2. The summed E-state index contributed by atoms with van der Waals surface area (Å²) in [5, 5.41) is 6.37. The predicted molar refractivity (Wildman–Crippen MR) is 120 cm³/mol. The highest BCUT2D eigenvalue weighted by molar-refractivity contribution is 6.32. The van der Waals surface area contributed by atoms with Crippen molar-refractivity contribution in [1.29, 1.82) is 0 Å². The topological polar surface area (TPSA) is 70.7 Å². The van der Waals surface area contributed by atoms with E-state index in [1.165, 1.54) is 5.56 Å². The predicted octanol–water partition coefficient (Wildman–Crippen LogP) is 4.25. The van der Waals surface area contributed by atoms with Gasteiger partial charge in [-0.3, -0.25) is 14.5 Å². The molecule has 0 unspecified atom stereocenters. The number of hydrogen-bond acceptors (Lipinski definition) is 4. The molecule has 6 nitrogen and oxygen atoms in total. The second kappa shape index (κ2) is 9.96. The minimum atomic E-state index is -0.0791. The number of amides is 2. The van der Waals surface area contributed by atoms with Gasteiger partial charge in [-0.1, -0.05) is 29.3 Å². The van der Waals surface area contributed by atoms with Crippen molar-refractivity contribution >= 4 is 34.8 Å². The van der Waals surface area contributed by atoms with Gasteiger partial charge in [0.1, 0.15) is 5.75 Å². The van der Waals surface area contributed by atoms with Gasteiger partial charge < -0.3 is 15.4 Å². The maximum Gasteiger partial charge on any atom is 0.238 e. The number of aryl methyl sites for hydroxylation is 2. The fraction of sp³-hybridized carbons (Fsp3) is 0.391. The maximum atomic E-state index is 12.6. The average Bonchev–Trinajstić information content (AvgIpc) is 2.71. The summed E-state index contributed by atoms with van der Waals surface area (Å²) in [6, 6.07) is 11.2. The Morgan fingerprint density at radius 1 is 1.10 bits per heavy atom. The zero-order valence-corrected chi connectivity index (χ0v) is 18.4. The van der Waals surface area contributed by atoms with Crippen LogP contribution in [-0.4, -0.2) is 43.5 Å². The van der Waals surface area contributed by atoms with Crippen LogP contribution in [-0.2, 0) is 9.59 Å². The van der Waals surface area contributed by atoms with E-state index in [0.29, 0.717) is 48.9 Å². The number of methoxy groups -OCH3 is 1. The normalized spacial score (nSPS) is 14.9. The quantitative estimate of drug-likeness (QED) is 0.720. The molecular formula is C23H28ClN3O3. The fourth-order valence-corrected chi connectivity index (χ4v) is 3.95. The lowest BCUT2D eigenvalue weighted by molar-refractivity contribution is -0.121. The Balaban J connectivity index is 1.46. The van der Waals surface area contributed by atoms with Crippen LogP contribution in [0.1, 0.15) is 24.0 Å². The standard InChI is InChI=1S/C23H28ClN3O3/c1-15-4-6-20(16(2)12-15)26-22(28)14-27-10-8-17(9-11-27)23(29)25-18-5-7-21(30-3)19(24)13-18/h4-7,12-13,17H,8-11,14H2,1-3H3,(H,25,29)(H,26,28). The van der Waals surface area contributed by atoms with Crippen molar-refractivity contribution in [2.45, 2.75) is 26.7 Å². The average molecular weight is 430 g/mol. The number of likely N-dealkylation sites (tertiary alicyclic amines) is 1. The SMILES string of the molecule is COc1ccc(NC(=O)C2CCN(CC(=O)Nc3ccc(C)cc3C)CC2)cc1Cl. The van der Waals surface area contributed by atoms with Crippen LogP contribution in [0.5, 0.6) is 5.75 Å². The first-order valence-corrected chi connectivity index (χ1v) is 10.5. The minimum Gasteiger partial charge on any atom is -0.495 e. The van der Waals surface area contributed by atoms with Gasteiger partial charge in [-0.2, -0.15) is 0 Å². The third-order valence-electron chi connectivity index (χ3n) is 5.40. The van der Waals surface area contributed by atoms with Crippen LogP contribution >= 0.6 is 11.6 Å². The van der Waals surface area contributed by atoms with Gasteiger partial charge in [0.25, 0.3) is 0 Å². The second-order valence-corrected chi connectivity index (χ2v) is 8.16. The van der Waals surface area contributed by atoms with E-state index in [9.17, 15) is 9.59 Å². The van der Waals surface area contributed by atoms with Crippen LogP contribution in [0.15, 0.2) is 36.4 Å². The molecular weight excluding hydrogens is 402 g/mol. The van der Waals surface area contributed by atoms with Crippen molar-refractivity contribution in [3.8, 4) is 5.75 Å². The summed E-state index contributed by atoms with van der Waals surface area (Å²) in [6.45, 7) is 5.77. The first-order chi connectivity index (χ1) is 14.4. The number of halogens is 1. The Bertz CT molecular complexity index is 924. The summed E-state index contributed by atoms with van der Waals surface area (Å²) < 4.78 is 5.13. The number of rotatable bonds is 6. The first kappa shape index (κ1) is 22.1. The van der Waals surface area contributed by atoms with Gasteiger partial charge in [0, 0.05) is 17.3 Å². The highest BCUT2D eigenvalue weighted by Gasteiger charge is 2.26. The van der Waals surface area contributed by atoms with Crippen LogP contribution in [0.2, 0.25) is 5.02 Å². The number of piperidine rings is 1. The van der Waals surface area contributed by atoms with Gasteiger partial charge in [0.05, 0.1) is 18.7 Å². The fourth-order valence-electron chi connectivity index (χ4n) is 3.69. The van der Waals surface area contributed by atoms with Gasteiger partial charge in [-0.15, -0.1) is 0 Å². The van der Waals surface area contributed by atoms with Crippen LogP contribution in [0.4, 0.5) is 11.4 Å². The zero-order chi connectivity index (χ0) is 21.7. The van der Waals surface area contributed by atoms with Gasteiger partial charge >= 0.3 is 0 Å². The van der Waals surface area contributed by atoms with E-state index in [-0.39, 0.29) is 17.7 Å². The molecule has 2 amide bonds. The zero-order valence-electron chi connectivity index (χ0n) is 17.6. The van der Waals surface area contributed by atoms with Crippen molar-refractivity contribution in [3.05, 3.63) is 52.5 Å². The van der Waals surface area contributed by atoms with Crippen molar-refractivity contribution in [2.75, 3.05) is 37.4 Å².